The molecular formula is C11H12N2O3. The van der Waals surface area contributed by atoms with Crippen molar-refractivity contribution in [1.29, 1.82) is 0 Å². The number of aliphatic hydroxyl groups excluding tert-OH is 1. The number of carboxylic acids is 1. The van der Waals surface area contributed by atoms with Gasteiger partial charge in [0.1, 0.15) is 12.1 Å². The number of hydrogen-bond acceptors (Lipinski definition) is 3. The molecule has 0 saturated heterocycles. The fraction of sp³-hybridized carbons (Fsp3) is 0.182. The van der Waals surface area contributed by atoms with Gasteiger partial charge in [0.25, 0.3) is 0 Å². The lowest BCUT2D eigenvalue weighted by molar-refractivity contribution is -0.141. The Balaban J connectivity index is 2.46. The summed E-state index contributed by atoms with van der Waals surface area (Å²) in [4.78, 5) is 13.6. The van der Waals surface area contributed by atoms with E-state index in [1.54, 1.807) is 18.3 Å². The van der Waals surface area contributed by atoms with Gasteiger partial charge in [0.2, 0.25) is 0 Å². The number of para-hydroxylation sites is 1. The van der Waals surface area contributed by atoms with E-state index in [4.69, 9.17) is 10.8 Å². The third-order valence-corrected chi connectivity index (χ3v) is 2.56. The Morgan fingerprint density at radius 1 is 1.38 bits per heavy atom. The minimum Gasteiger partial charge on any atom is -0.480 e. The molecule has 0 aliphatic carbocycles. The molecule has 1 heterocycles. The maximum absolute atomic E-state index is 10.7. The third-order valence-electron chi connectivity index (χ3n) is 2.56. The van der Waals surface area contributed by atoms with E-state index in [-0.39, 0.29) is 0 Å². The summed E-state index contributed by atoms with van der Waals surface area (Å²) < 4.78 is 0. The molecule has 5 heteroatoms. The minimum atomic E-state index is -1.33. The molecule has 0 aliphatic heterocycles. The molecule has 1 aromatic carbocycles. The molecule has 0 bridgehead atoms. The number of H-pyrrole nitrogens is 1. The van der Waals surface area contributed by atoms with Crippen molar-refractivity contribution in [2.75, 3.05) is 0 Å². The SMILES string of the molecule is NC(C(=O)O)C(O)c1cccc2cc[nH]c12. The molecule has 5 N–H and O–H groups in total. The molecule has 0 radical (unpaired) electrons. The van der Waals surface area contributed by atoms with Crippen molar-refractivity contribution >= 4 is 16.9 Å². The summed E-state index contributed by atoms with van der Waals surface area (Å²) in [6.07, 6.45) is 0.507. The maximum Gasteiger partial charge on any atom is 0.323 e. The minimum absolute atomic E-state index is 0.498. The predicted molar refractivity (Wildman–Crippen MR) is 58.9 cm³/mol. The molecule has 16 heavy (non-hydrogen) atoms. The number of aromatic nitrogens is 1. The van der Waals surface area contributed by atoms with Crippen molar-refractivity contribution in [3.8, 4) is 0 Å². The van der Waals surface area contributed by atoms with Crippen molar-refractivity contribution in [3.05, 3.63) is 36.0 Å². The Morgan fingerprint density at radius 3 is 2.81 bits per heavy atom. The first-order valence-electron chi connectivity index (χ1n) is 4.83. The fourth-order valence-electron chi connectivity index (χ4n) is 1.68. The third kappa shape index (κ3) is 1.66. The summed E-state index contributed by atoms with van der Waals surface area (Å²) >= 11 is 0. The van der Waals surface area contributed by atoms with Crippen molar-refractivity contribution in [2.24, 2.45) is 5.73 Å². The number of aliphatic carboxylic acids is 1. The lowest BCUT2D eigenvalue weighted by Gasteiger charge is -2.15. The second-order valence-electron chi connectivity index (χ2n) is 3.60. The molecule has 0 amide bonds. The van der Waals surface area contributed by atoms with E-state index in [2.05, 4.69) is 4.98 Å². The van der Waals surface area contributed by atoms with Gasteiger partial charge in [-0.25, -0.2) is 0 Å². The Labute approximate surface area is 91.5 Å². The van der Waals surface area contributed by atoms with Crippen LogP contribution in [0.1, 0.15) is 11.7 Å². The number of aliphatic hydroxyl groups is 1. The van der Waals surface area contributed by atoms with Crippen molar-refractivity contribution in [3.63, 3.8) is 0 Å². The standard InChI is InChI=1S/C11H12N2O3/c12-8(11(15)16)10(14)7-3-1-2-6-4-5-13-9(6)7/h1-5,8,10,13-14H,12H2,(H,15,16). The number of rotatable bonds is 3. The van der Waals surface area contributed by atoms with Crippen molar-refractivity contribution in [2.45, 2.75) is 12.1 Å². The van der Waals surface area contributed by atoms with E-state index in [1.165, 1.54) is 0 Å². The van der Waals surface area contributed by atoms with Gasteiger partial charge in [-0.1, -0.05) is 18.2 Å². The highest BCUT2D eigenvalue weighted by atomic mass is 16.4. The number of nitrogens with one attached hydrogen (secondary N) is 1. The molecule has 5 nitrogen and oxygen atoms in total. The van der Waals surface area contributed by atoms with Crippen LogP contribution in [-0.2, 0) is 4.79 Å². The maximum atomic E-state index is 10.7. The lowest BCUT2D eigenvalue weighted by Crippen LogP contribution is -2.36. The summed E-state index contributed by atoms with van der Waals surface area (Å²) in [5.41, 5.74) is 6.60. The average Bonchev–Trinajstić information content (AvgIpc) is 2.74. The first kappa shape index (κ1) is 10.7. The number of hydrogen-bond donors (Lipinski definition) is 4. The van der Waals surface area contributed by atoms with Crippen molar-refractivity contribution < 1.29 is 15.0 Å². The van der Waals surface area contributed by atoms with Crippen LogP contribution >= 0.6 is 0 Å². The molecule has 84 valence electrons. The van der Waals surface area contributed by atoms with Crippen LogP contribution in [0.2, 0.25) is 0 Å². The van der Waals surface area contributed by atoms with Gasteiger partial charge in [0, 0.05) is 11.8 Å². The number of benzene rings is 1. The van der Waals surface area contributed by atoms with E-state index in [0.29, 0.717) is 11.1 Å². The van der Waals surface area contributed by atoms with E-state index >= 15 is 0 Å². The number of aromatic amines is 1. The Kier molecular flexibility index (Phi) is 2.64. The van der Waals surface area contributed by atoms with Gasteiger partial charge in [0.15, 0.2) is 0 Å². The van der Waals surface area contributed by atoms with E-state index < -0.39 is 18.1 Å². The quantitative estimate of drug-likeness (QED) is 0.609. The second-order valence-corrected chi connectivity index (χ2v) is 3.60. The highest BCUT2D eigenvalue weighted by Gasteiger charge is 2.25. The number of carboxylic acid groups (broad SMARTS) is 1. The van der Waals surface area contributed by atoms with Gasteiger partial charge in [-0.15, -0.1) is 0 Å². The Bertz CT molecular complexity index is 521. The fourth-order valence-corrected chi connectivity index (χ4v) is 1.68. The molecular weight excluding hydrogens is 208 g/mol. The van der Waals surface area contributed by atoms with Crippen LogP contribution in [0, 0.1) is 0 Å². The second kappa shape index (κ2) is 3.96. The largest absolute Gasteiger partial charge is 0.480 e. The van der Waals surface area contributed by atoms with Crippen LogP contribution < -0.4 is 5.73 Å². The molecule has 0 fully saturated rings. The van der Waals surface area contributed by atoms with Crippen LogP contribution in [0.25, 0.3) is 10.9 Å². The molecule has 0 spiro atoms. The lowest BCUT2D eigenvalue weighted by atomic mass is 10.0. The summed E-state index contributed by atoms with van der Waals surface area (Å²) in [5, 5.41) is 19.5. The van der Waals surface area contributed by atoms with Gasteiger partial charge < -0.3 is 20.9 Å². The molecule has 2 unspecified atom stereocenters. The molecule has 0 aliphatic rings. The molecule has 2 rings (SSSR count). The number of nitrogens with two attached hydrogens (primary N) is 1. The Morgan fingerprint density at radius 2 is 2.12 bits per heavy atom. The predicted octanol–water partition coefficient (Wildman–Crippen LogP) is 0.613. The average molecular weight is 220 g/mol. The van der Waals surface area contributed by atoms with Gasteiger partial charge in [-0.3, -0.25) is 4.79 Å². The van der Waals surface area contributed by atoms with E-state index in [0.717, 1.165) is 5.39 Å². The molecule has 2 atom stereocenters. The van der Waals surface area contributed by atoms with Gasteiger partial charge in [-0.05, 0) is 11.5 Å². The summed E-state index contributed by atoms with van der Waals surface area (Å²) in [6, 6.07) is 5.80. The van der Waals surface area contributed by atoms with Crippen LogP contribution in [0.15, 0.2) is 30.5 Å². The summed E-state index contributed by atoms with van der Waals surface area (Å²) in [5.74, 6) is -1.23. The number of fused-ring (bicyclic) bond motifs is 1. The van der Waals surface area contributed by atoms with E-state index in [1.807, 2.05) is 12.1 Å². The highest BCUT2D eigenvalue weighted by Crippen LogP contribution is 2.24. The van der Waals surface area contributed by atoms with Crippen molar-refractivity contribution in [1.82, 2.24) is 4.98 Å². The van der Waals surface area contributed by atoms with Crippen LogP contribution in [-0.4, -0.2) is 27.2 Å². The first-order valence-corrected chi connectivity index (χ1v) is 4.83. The zero-order valence-electron chi connectivity index (χ0n) is 8.42. The normalized spacial score (nSPS) is 14.9. The number of carbonyl (C=O) groups is 1. The van der Waals surface area contributed by atoms with Gasteiger partial charge in [0.05, 0.1) is 5.52 Å². The molecule has 2 aromatic rings. The topological polar surface area (TPSA) is 99.3 Å². The van der Waals surface area contributed by atoms with Crippen LogP contribution in [0.3, 0.4) is 0 Å². The Hall–Kier alpha value is -1.85. The monoisotopic (exact) mass is 220 g/mol. The van der Waals surface area contributed by atoms with E-state index in [9.17, 15) is 9.90 Å². The summed E-state index contributed by atoms with van der Waals surface area (Å²) in [6.45, 7) is 0. The van der Waals surface area contributed by atoms with Gasteiger partial charge >= 0.3 is 5.97 Å². The highest BCUT2D eigenvalue weighted by molar-refractivity contribution is 5.84. The van der Waals surface area contributed by atoms with Gasteiger partial charge in [-0.2, -0.15) is 0 Å². The molecule has 0 saturated carbocycles. The molecule has 1 aromatic heterocycles. The first-order chi connectivity index (χ1) is 7.61. The smallest absolute Gasteiger partial charge is 0.323 e. The van der Waals surface area contributed by atoms with Crippen LogP contribution in [0.4, 0.5) is 0 Å². The zero-order valence-corrected chi connectivity index (χ0v) is 8.42. The van der Waals surface area contributed by atoms with Crippen LogP contribution in [0.5, 0.6) is 0 Å². The summed E-state index contributed by atoms with van der Waals surface area (Å²) in [7, 11) is 0. The zero-order chi connectivity index (χ0) is 11.7.